The van der Waals surface area contributed by atoms with Gasteiger partial charge in [0.05, 0.1) is 18.1 Å². The van der Waals surface area contributed by atoms with Gasteiger partial charge in [-0.1, -0.05) is 12.1 Å². The van der Waals surface area contributed by atoms with Crippen molar-refractivity contribution in [3.05, 3.63) is 24.3 Å². The minimum absolute atomic E-state index is 0.0488. The van der Waals surface area contributed by atoms with Crippen LogP contribution in [0.2, 0.25) is 0 Å². The van der Waals surface area contributed by atoms with E-state index in [2.05, 4.69) is 15.2 Å². The smallest absolute Gasteiger partial charge is 0.257 e. The molecular formula is C20H28N4O3. The van der Waals surface area contributed by atoms with Gasteiger partial charge in [0.2, 0.25) is 5.91 Å². The number of nitrogens with zero attached hydrogens (tertiary/aromatic N) is 3. The molecule has 0 spiro atoms. The molecule has 1 aromatic carbocycles. The van der Waals surface area contributed by atoms with Crippen molar-refractivity contribution in [3.63, 3.8) is 0 Å². The Morgan fingerprint density at radius 3 is 2.59 bits per heavy atom. The molecular weight excluding hydrogens is 344 g/mol. The van der Waals surface area contributed by atoms with Crippen molar-refractivity contribution in [2.75, 3.05) is 44.9 Å². The lowest BCUT2D eigenvalue weighted by molar-refractivity contribution is -0.125. The van der Waals surface area contributed by atoms with E-state index in [1.54, 1.807) is 7.11 Å². The minimum Gasteiger partial charge on any atom is -0.478 e. The zero-order chi connectivity index (χ0) is 19.1. The Morgan fingerprint density at radius 1 is 1.22 bits per heavy atom. The van der Waals surface area contributed by atoms with E-state index in [0.29, 0.717) is 25.6 Å². The number of nitrogens with one attached hydrogen (secondary N) is 1. The molecule has 1 aromatic heterocycles. The first-order valence-corrected chi connectivity index (χ1v) is 9.64. The molecule has 0 atom stereocenters. The van der Waals surface area contributed by atoms with Gasteiger partial charge in [0.25, 0.3) is 5.88 Å². The molecule has 0 radical (unpaired) electrons. The van der Waals surface area contributed by atoms with Crippen molar-refractivity contribution < 1.29 is 14.3 Å². The molecule has 1 aliphatic heterocycles. The standard InChI is InChI=1S/C20H28N4O3/c1-3-27-14-6-11-21-19(25)15-9-12-24(13-10-15)18-20(26-2)23-17-8-5-4-7-16(17)22-18/h4-5,7-8,15H,3,6,9-14H2,1-2H3,(H,21,25). The van der Waals surface area contributed by atoms with Crippen LogP contribution in [-0.4, -0.2) is 55.8 Å². The number of carbonyl (C=O) groups excluding carboxylic acids is 1. The molecule has 1 saturated heterocycles. The fourth-order valence-electron chi connectivity index (χ4n) is 3.35. The zero-order valence-corrected chi connectivity index (χ0v) is 16.1. The van der Waals surface area contributed by atoms with Gasteiger partial charge in [-0.3, -0.25) is 4.79 Å². The Hall–Kier alpha value is -2.41. The highest BCUT2D eigenvalue weighted by atomic mass is 16.5. The maximum Gasteiger partial charge on any atom is 0.257 e. The fourth-order valence-corrected chi connectivity index (χ4v) is 3.35. The second-order valence-corrected chi connectivity index (χ2v) is 6.65. The maximum absolute atomic E-state index is 12.3. The number of hydrogen-bond acceptors (Lipinski definition) is 6. The number of fused-ring (bicyclic) bond motifs is 1. The average molecular weight is 372 g/mol. The van der Waals surface area contributed by atoms with E-state index >= 15 is 0 Å². The van der Waals surface area contributed by atoms with E-state index in [0.717, 1.165) is 49.2 Å². The molecule has 1 amide bonds. The Bertz CT molecular complexity index is 760. The quantitative estimate of drug-likeness (QED) is 0.717. The second-order valence-electron chi connectivity index (χ2n) is 6.65. The molecule has 1 N–H and O–H groups in total. The van der Waals surface area contributed by atoms with Crippen molar-refractivity contribution in [1.29, 1.82) is 0 Å². The number of amides is 1. The molecule has 146 valence electrons. The van der Waals surface area contributed by atoms with E-state index in [1.807, 2.05) is 31.2 Å². The van der Waals surface area contributed by atoms with Gasteiger partial charge >= 0.3 is 0 Å². The molecule has 0 aliphatic carbocycles. The van der Waals surface area contributed by atoms with Crippen LogP contribution in [0.4, 0.5) is 5.82 Å². The SMILES string of the molecule is CCOCCCNC(=O)C1CCN(c2nc3ccccc3nc2OC)CC1. The number of rotatable bonds is 8. The number of aromatic nitrogens is 2. The fraction of sp³-hybridized carbons (Fsp3) is 0.550. The molecule has 0 unspecified atom stereocenters. The molecule has 7 heteroatoms. The summed E-state index contributed by atoms with van der Waals surface area (Å²) >= 11 is 0. The maximum atomic E-state index is 12.3. The Morgan fingerprint density at radius 2 is 1.93 bits per heavy atom. The summed E-state index contributed by atoms with van der Waals surface area (Å²) in [5.41, 5.74) is 1.67. The largest absolute Gasteiger partial charge is 0.478 e. The lowest BCUT2D eigenvalue weighted by Gasteiger charge is -2.32. The third kappa shape index (κ3) is 4.86. The first kappa shape index (κ1) is 19.4. The van der Waals surface area contributed by atoms with Gasteiger partial charge < -0.3 is 19.7 Å². The molecule has 3 rings (SSSR count). The van der Waals surface area contributed by atoms with Gasteiger partial charge in [-0.25, -0.2) is 9.97 Å². The van der Waals surface area contributed by atoms with Crippen LogP contribution in [-0.2, 0) is 9.53 Å². The van der Waals surface area contributed by atoms with Crippen LogP contribution in [0.5, 0.6) is 5.88 Å². The number of ether oxygens (including phenoxy) is 2. The van der Waals surface area contributed by atoms with Crippen LogP contribution < -0.4 is 15.0 Å². The monoisotopic (exact) mass is 372 g/mol. The number of piperidine rings is 1. The average Bonchev–Trinajstić information content (AvgIpc) is 2.72. The van der Waals surface area contributed by atoms with Gasteiger partial charge in [-0.2, -0.15) is 0 Å². The molecule has 7 nitrogen and oxygen atoms in total. The summed E-state index contributed by atoms with van der Waals surface area (Å²) in [6, 6.07) is 7.77. The first-order chi connectivity index (χ1) is 13.2. The minimum atomic E-state index is 0.0488. The Kier molecular flexibility index (Phi) is 6.81. The summed E-state index contributed by atoms with van der Waals surface area (Å²) in [5, 5.41) is 3.02. The number of para-hydroxylation sites is 2. The van der Waals surface area contributed by atoms with Crippen molar-refractivity contribution in [2.45, 2.75) is 26.2 Å². The molecule has 1 aliphatic rings. The molecule has 0 bridgehead atoms. The van der Waals surface area contributed by atoms with Crippen LogP contribution in [0, 0.1) is 5.92 Å². The molecule has 2 heterocycles. The Labute approximate surface area is 160 Å². The van der Waals surface area contributed by atoms with Gasteiger partial charge in [-0.15, -0.1) is 0 Å². The third-order valence-corrected chi connectivity index (χ3v) is 4.85. The van der Waals surface area contributed by atoms with E-state index in [1.165, 1.54) is 0 Å². The number of benzene rings is 1. The van der Waals surface area contributed by atoms with Crippen LogP contribution >= 0.6 is 0 Å². The van der Waals surface area contributed by atoms with Crippen molar-refractivity contribution >= 4 is 22.8 Å². The van der Waals surface area contributed by atoms with Gasteiger partial charge in [0.1, 0.15) is 0 Å². The highest BCUT2D eigenvalue weighted by Gasteiger charge is 2.27. The summed E-state index contributed by atoms with van der Waals surface area (Å²) in [5.74, 6) is 1.48. The lowest BCUT2D eigenvalue weighted by Crippen LogP contribution is -2.41. The first-order valence-electron chi connectivity index (χ1n) is 9.64. The topological polar surface area (TPSA) is 76.6 Å². The zero-order valence-electron chi connectivity index (χ0n) is 16.1. The van der Waals surface area contributed by atoms with Crippen LogP contribution in [0.1, 0.15) is 26.2 Å². The van der Waals surface area contributed by atoms with E-state index in [9.17, 15) is 4.79 Å². The van der Waals surface area contributed by atoms with Crippen LogP contribution in [0.15, 0.2) is 24.3 Å². The van der Waals surface area contributed by atoms with Gasteiger partial charge in [0.15, 0.2) is 5.82 Å². The highest BCUT2D eigenvalue weighted by molar-refractivity contribution is 5.79. The number of hydrogen-bond donors (Lipinski definition) is 1. The van der Waals surface area contributed by atoms with Crippen molar-refractivity contribution in [1.82, 2.24) is 15.3 Å². The van der Waals surface area contributed by atoms with E-state index in [4.69, 9.17) is 14.5 Å². The van der Waals surface area contributed by atoms with Crippen molar-refractivity contribution in [2.24, 2.45) is 5.92 Å². The van der Waals surface area contributed by atoms with Crippen molar-refractivity contribution in [3.8, 4) is 5.88 Å². The summed E-state index contributed by atoms with van der Waals surface area (Å²) in [4.78, 5) is 23.8. The summed E-state index contributed by atoms with van der Waals surface area (Å²) < 4.78 is 10.8. The number of methoxy groups -OCH3 is 1. The predicted octanol–water partition coefficient (Wildman–Crippen LogP) is 2.40. The molecule has 1 fully saturated rings. The third-order valence-electron chi connectivity index (χ3n) is 4.85. The molecule has 27 heavy (non-hydrogen) atoms. The van der Waals surface area contributed by atoms with E-state index in [-0.39, 0.29) is 11.8 Å². The number of carbonyl (C=O) groups is 1. The van der Waals surface area contributed by atoms with Gasteiger partial charge in [0, 0.05) is 38.8 Å². The van der Waals surface area contributed by atoms with Crippen LogP contribution in [0.3, 0.4) is 0 Å². The number of anilines is 1. The van der Waals surface area contributed by atoms with Crippen LogP contribution in [0.25, 0.3) is 11.0 Å². The van der Waals surface area contributed by atoms with Gasteiger partial charge in [-0.05, 0) is 38.3 Å². The normalized spacial score (nSPS) is 15.1. The molecule has 2 aromatic rings. The summed E-state index contributed by atoms with van der Waals surface area (Å²) in [7, 11) is 1.62. The predicted molar refractivity (Wildman–Crippen MR) is 105 cm³/mol. The lowest BCUT2D eigenvalue weighted by atomic mass is 9.96. The second kappa shape index (κ2) is 9.50. The Balaban J connectivity index is 1.57. The summed E-state index contributed by atoms with van der Waals surface area (Å²) in [6.07, 6.45) is 2.45. The molecule has 0 saturated carbocycles. The van der Waals surface area contributed by atoms with E-state index < -0.39 is 0 Å². The summed E-state index contributed by atoms with van der Waals surface area (Å²) in [6.45, 7) is 5.58. The highest BCUT2D eigenvalue weighted by Crippen LogP contribution is 2.30.